The molecule has 2 unspecified atom stereocenters. The highest BCUT2D eigenvalue weighted by atomic mass is 32.2. The van der Waals surface area contributed by atoms with Crippen LogP contribution in [-0.2, 0) is 17.5 Å². The van der Waals surface area contributed by atoms with Gasteiger partial charge in [-0.3, -0.25) is 4.79 Å². The second-order valence-electron chi connectivity index (χ2n) is 8.20. The molecule has 1 aliphatic rings. The maximum absolute atomic E-state index is 13.5. The molecule has 1 N–H and O–H groups in total. The lowest BCUT2D eigenvalue weighted by Crippen LogP contribution is -2.42. The van der Waals surface area contributed by atoms with Gasteiger partial charge in [0.2, 0.25) is 5.91 Å². The SMILES string of the molecule is Cc1ccc(SC2CCC2C(=O)NCc2cn(-c3ccc(C(F)(F)F)cc3)nc2C(F)F)cc1. The Kier molecular flexibility index (Phi) is 6.97. The summed E-state index contributed by atoms with van der Waals surface area (Å²) >= 11 is 1.63. The fourth-order valence-corrected chi connectivity index (χ4v) is 5.01. The standard InChI is InChI=1S/C24H22F5N3OS/c1-14-2-8-18(9-3-14)34-20-11-10-19(20)23(33)30-12-15-13-32(31-21(15)22(25)26)17-6-4-16(5-7-17)24(27,28)29/h2-9,13,19-20,22H,10-12H2,1H3,(H,30,33). The number of aryl methyl sites for hydroxylation is 1. The summed E-state index contributed by atoms with van der Waals surface area (Å²) in [5.41, 5.74) is 0.119. The summed E-state index contributed by atoms with van der Waals surface area (Å²) in [7, 11) is 0. The Morgan fingerprint density at radius 2 is 1.79 bits per heavy atom. The Labute approximate surface area is 197 Å². The number of benzene rings is 2. The summed E-state index contributed by atoms with van der Waals surface area (Å²) < 4.78 is 66.5. The molecule has 0 radical (unpaired) electrons. The number of carbonyl (C=O) groups excluding carboxylic acids is 1. The average Bonchev–Trinajstić information content (AvgIpc) is 3.21. The van der Waals surface area contributed by atoms with Crippen molar-refractivity contribution in [1.29, 1.82) is 0 Å². The van der Waals surface area contributed by atoms with Crippen molar-refractivity contribution in [2.75, 3.05) is 0 Å². The zero-order chi connectivity index (χ0) is 24.5. The van der Waals surface area contributed by atoms with Crippen molar-refractivity contribution in [2.45, 2.75) is 49.1 Å². The minimum atomic E-state index is -4.50. The van der Waals surface area contributed by atoms with E-state index < -0.39 is 23.9 Å². The molecule has 180 valence electrons. The second-order valence-corrected chi connectivity index (χ2v) is 9.51. The Balaban J connectivity index is 1.41. The summed E-state index contributed by atoms with van der Waals surface area (Å²) in [6.45, 7) is 1.86. The monoisotopic (exact) mass is 495 g/mol. The fourth-order valence-electron chi connectivity index (χ4n) is 3.69. The molecule has 4 nitrogen and oxygen atoms in total. The van der Waals surface area contributed by atoms with Crippen LogP contribution in [0.25, 0.3) is 5.69 Å². The van der Waals surface area contributed by atoms with Gasteiger partial charge in [0.05, 0.1) is 17.2 Å². The topological polar surface area (TPSA) is 46.9 Å². The number of amides is 1. The molecule has 4 rings (SSSR count). The molecular formula is C24H22F5N3OS. The minimum absolute atomic E-state index is 0.116. The van der Waals surface area contributed by atoms with Crippen LogP contribution in [0.4, 0.5) is 22.0 Å². The van der Waals surface area contributed by atoms with E-state index in [-0.39, 0.29) is 34.9 Å². The molecule has 2 aromatic carbocycles. The summed E-state index contributed by atoms with van der Waals surface area (Å²) in [6, 6.07) is 12.1. The van der Waals surface area contributed by atoms with E-state index in [4.69, 9.17) is 0 Å². The maximum atomic E-state index is 13.5. The van der Waals surface area contributed by atoms with Gasteiger partial charge in [0, 0.05) is 28.5 Å². The van der Waals surface area contributed by atoms with E-state index in [1.54, 1.807) is 11.8 Å². The molecule has 1 heterocycles. The molecule has 1 fully saturated rings. The van der Waals surface area contributed by atoms with Gasteiger partial charge in [0.1, 0.15) is 5.69 Å². The lowest BCUT2D eigenvalue weighted by Gasteiger charge is -2.34. The van der Waals surface area contributed by atoms with Gasteiger partial charge in [0.25, 0.3) is 6.43 Å². The molecule has 34 heavy (non-hydrogen) atoms. The summed E-state index contributed by atoms with van der Waals surface area (Å²) in [4.78, 5) is 13.8. The highest BCUT2D eigenvalue weighted by Gasteiger charge is 2.37. The predicted molar refractivity (Wildman–Crippen MR) is 119 cm³/mol. The van der Waals surface area contributed by atoms with Crippen LogP contribution in [0, 0.1) is 12.8 Å². The Morgan fingerprint density at radius 1 is 1.12 bits per heavy atom. The van der Waals surface area contributed by atoms with E-state index in [2.05, 4.69) is 10.4 Å². The van der Waals surface area contributed by atoms with Crippen LogP contribution in [0.3, 0.4) is 0 Å². The number of nitrogens with zero attached hydrogens (tertiary/aromatic N) is 2. The smallest absolute Gasteiger partial charge is 0.352 e. The first-order chi connectivity index (χ1) is 16.1. The zero-order valence-corrected chi connectivity index (χ0v) is 19.0. The molecule has 10 heteroatoms. The van der Waals surface area contributed by atoms with Crippen LogP contribution in [0.5, 0.6) is 0 Å². The highest BCUT2D eigenvalue weighted by molar-refractivity contribution is 8.00. The first-order valence-electron chi connectivity index (χ1n) is 10.7. The van der Waals surface area contributed by atoms with Crippen LogP contribution >= 0.6 is 11.8 Å². The van der Waals surface area contributed by atoms with Crippen molar-refractivity contribution >= 4 is 17.7 Å². The third kappa shape index (κ3) is 5.43. The molecule has 0 bridgehead atoms. The molecule has 1 aromatic heterocycles. The number of aromatic nitrogens is 2. The average molecular weight is 496 g/mol. The van der Waals surface area contributed by atoms with Gasteiger partial charge in [-0.1, -0.05) is 17.7 Å². The number of hydrogen-bond donors (Lipinski definition) is 1. The van der Waals surface area contributed by atoms with E-state index in [1.165, 1.54) is 6.20 Å². The van der Waals surface area contributed by atoms with Gasteiger partial charge in [-0.15, -0.1) is 11.8 Å². The Hall–Kier alpha value is -2.88. The third-order valence-corrected chi connectivity index (χ3v) is 7.21. The number of rotatable bonds is 7. The van der Waals surface area contributed by atoms with Crippen LogP contribution in [0.15, 0.2) is 59.6 Å². The van der Waals surface area contributed by atoms with Crippen LogP contribution in [0.1, 0.15) is 41.7 Å². The number of alkyl halides is 5. The molecule has 0 saturated heterocycles. The predicted octanol–water partition coefficient (Wildman–Crippen LogP) is 6.32. The van der Waals surface area contributed by atoms with Crippen molar-refractivity contribution in [1.82, 2.24) is 15.1 Å². The van der Waals surface area contributed by atoms with Crippen LogP contribution in [-0.4, -0.2) is 20.9 Å². The van der Waals surface area contributed by atoms with Gasteiger partial charge in [-0.25, -0.2) is 13.5 Å². The van der Waals surface area contributed by atoms with E-state index in [1.807, 2.05) is 31.2 Å². The molecule has 1 saturated carbocycles. The Bertz CT molecular complexity index is 1140. The number of hydrogen-bond acceptors (Lipinski definition) is 3. The molecule has 0 aliphatic heterocycles. The minimum Gasteiger partial charge on any atom is -0.352 e. The summed E-state index contributed by atoms with van der Waals surface area (Å²) in [5, 5.41) is 6.68. The van der Waals surface area contributed by atoms with Crippen LogP contribution in [0.2, 0.25) is 0 Å². The number of carbonyl (C=O) groups is 1. The van der Waals surface area contributed by atoms with Crippen molar-refractivity contribution < 1.29 is 26.7 Å². The molecular weight excluding hydrogens is 473 g/mol. The normalized spacial score (nSPS) is 18.1. The summed E-state index contributed by atoms with van der Waals surface area (Å²) in [6.07, 6.45) is -4.46. The molecule has 1 aliphatic carbocycles. The van der Waals surface area contributed by atoms with Crippen molar-refractivity contribution in [3.63, 3.8) is 0 Å². The fraction of sp³-hybridized carbons (Fsp3) is 0.333. The molecule has 3 aromatic rings. The van der Waals surface area contributed by atoms with Crippen LogP contribution < -0.4 is 5.32 Å². The third-order valence-electron chi connectivity index (χ3n) is 5.80. The Morgan fingerprint density at radius 3 is 2.35 bits per heavy atom. The van der Waals surface area contributed by atoms with E-state index in [0.717, 1.165) is 52.2 Å². The van der Waals surface area contributed by atoms with E-state index in [9.17, 15) is 26.7 Å². The molecule has 1 amide bonds. The lowest BCUT2D eigenvalue weighted by atomic mass is 9.84. The molecule has 0 spiro atoms. The van der Waals surface area contributed by atoms with Gasteiger partial charge < -0.3 is 5.32 Å². The van der Waals surface area contributed by atoms with Crippen molar-refractivity contribution in [2.24, 2.45) is 5.92 Å². The summed E-state index contributed by atoms with van der Waals surface area (Å²) in [5.74, 6) is -0.426. The van der Waals surface area contributed by atoms with Crippen molar-refractivity contribution in [3.05, 3.63) is 77.1 Å². The number of thioether (sulfide) groups is 1. The lowest BCUT2D eigenvalue weighted by molar-refractivity contribution is -0.137. The quantitative estimate of drug-likeness (QED) is 0.390. The van der Waals surface area contributed by atoms with E-state index in [0.29, 0.717) is 0 Å². The first kappa shape index (κ1) is 24.3. The highest BCUT2D eigenvalue weighted by Crippen LogP contribution is 2.41. The number of nitrogens with one attached hydrogen (secondary N) is 1. The van der Waals surface area contributed by atoms with Gasteiger partial charge in [0.15, 0.2) is 0 Å². The molecule has 2 atom stereocenters. The number of halogens is 5. The van der Waals surface area contributed by atoms with Gasteiger partial charge in [-0.2, -0.15) is 18.3 Å². The van der Waals surface area contributed by atoms with Gasteiger partial charge >= 0.3 is 6.18 Å². The van der Waals surface area contributed by atoms with Crippen molar-refractivity contribution in [3.8, 4) is 5.69 Å². The maximum Gasteiger partial charge on any atom is 0.416 e. The zero-order valence-electron chi connectivity index (χ0n) is 18.2. The first-order valence-corrected chi connectivity index (χ1v) is 11.5. The van der Waals surface area contributed by atoms with Gasteiger partial charge in [-0.05, 0) is 56.2 Å². The second kappa shape index (κ2) is 9.77. The largest absolute Gasteiger partial charge is 0.416 e. The van der Waals surface area contributed by atoms with E-state index >= 15 is 0 Å².